The SMILES string of the molecule is Cc1ccc2sc(N(CCN(C)C)C(=O)C3CCCC3)nc2c1C. The fraction of sp³-hybridized carbons (Fsp3) is 0.579. The van der Waals surface area contributed by atoms with E-state index in [0.717, 1.165) is 30.0 Å². The molecule has 2 aromatic rings. The lowest BCUT2D eigenvalue weighted by Crippen LogP contribution is -2.39. The highest BCUT2D eigenvalue weighted by Gasteiger charge is 2.29. The third-order valence-electron chi connectivity index (χ3n) is 5.05. The zero-order chi connectivity index (χ0) is 17.3. The lowest BCUT2D eigenvalue weighted by atomic mass is 10.1. The topological polar surface area (TPSA) is 36.4 Å². The van der Waals surface area contributed by atoms with E-state index in [0.29, 0.717) is 6.54 Å². The zero-order valence-corrected chi connectivity index (χ0v) is 15.9. The summed E-state index contributed by atoms with van der Waals surface area (Å²) in [5.74, 6) is 0.449. The molecule has 0 bridgehead atoms. The number of aryl methyl sites for hydroxylation is 2. The first-order chi connectivity index (χ1) is 11.5. The van der Waals surface area contributed by atoms with Crippen molar-refractivity contribution < 1.29 is 4.79 Å². The van der Waals surface area contributed by atoms with Gasteiger partial charge in [-0.25, -0.2) is 4.98 Å². The molecule has 3 rings (SSSR count). The number of anilines is 1. The number of carbonyl (C=O) groups is 1. The summed E-state index contributed by atoms with van der Waals surface area (Å²) in [7, 11) is 4.09. The van der Waals surface area contributed by atoms with Crippen molar-refractivity contribution in [2.24, 2.45) is 5.92 Å². The first-order valence-electron chi connectivity index (χ1n) is 8.80. The van der Waals surface area contributed by atoms with Crippen molar-refractivity contribution in [3.8, 4) is 0 Å². The van der Waals surface area contributed by atoms with Crippen LogP contribution in [0.25, 0.3) is 10.2 Å². The summed E-state index contributed by atoms with van der Waals surface area (Å²) in [6.45, 7) is 5.79. The molecule has 1 aliphatic rings. The largest absolute Gasteiger partial charge is 0.308 e. The van der Waals surface area contributed by atoms with Gasteiger partial charge in [0.1, 0.15) is 0 Å². The summed E-state index contributed by atoms with van der Waals surface area (Å²) >= 11 is 1.64. The van der Waals surface area contributed by atoms with Crippen molar-refractivity contribution in [2.75, 3.05) is 32.1 Å². The first-order valence-corrected chi connectivity index (χ1v) is 9.62. The second-order valence-electron chi connectivity index (χ2n) is 7.13. The maximum absolute atomic E-state index is 13.1. The summed E-state index contributed by atoms with van der Waals surface area (Å²) < 4.78 is 1.17. The molecule has 0 N–H and O–H groups in total. The van der Waals surface area contributed by atoms with Crippen molar-refractivity contribution in [1.82, 2.24) is 9.88 Å². The summed E-state index contributed by atoms with van der Waals surface area (Å²) in [5, 5.41) is 0.859. The van der Waals surface area contributed by atoms with Gasteiger partial charge >= 0.3 is 0 Å². The number of amides is 1. The summed E-state index contributed by atoms with van der Waals surface area (Å²) in [6.07, 6.45) is 4.41. The quantitative estimate of drug-likeness (QED) is 0.822. The van der Waals surface area contributed by atoms with Crippen molar-refractivity contribution in [3.63, 3.8) is 0 Å². The molecule has 1 aliphatic carbocycles. The predicted octanol–water partition coefficient (Wildman–Crippen LogP) is 4.00. The van der Waals surface area contributed by atoms with E-state index in [1.807, 2.05) is 19.0 Å². The van der Waals surface area contributed by atoms with E-state index in [-0.39, 0.29) is 11.8 Å². The Labute approximate surface area is 148 Å². The van der Waals surface area contributed by atoms with Crippen LogP contribution in [0.3, 0.4) is 0 Å². The number of rotatable bonds is 5. The molecule has 0 unspecified atom stereocenters. The van der Waals surface area contributed by atoms with Crippen molar-refractivity contribution in [1.29, 1.82) is 0 Å². The summed E-state index contributed by atoms with van der Waals surface area (Å²) in [6, 6.07) is 4.27. The Morgan fingerprint density at radius 3 is 2.58 bits per heavy atom. The van der Waals surface area contributed by atoms with Gasteiger partial charge < -0.3 is 4.90 Å². The highest BCUT2D eigenvalue weighted by molar-refractivity contribution is 7.22. The number of nitrogens with zero attached hydrogens (tertiary/aromatic N) is 3. The van der Waals surface area contributed by atoms with Gasteiger partial charge in [0.2, 0.25) is 5.91 Å². The normalized spacial score (nSPS) is 15.5. The number of fused-ring (bicyclic) bond motifs is 1. The van der Waals surface area contributed by atoms with Gasteiger partial charge in [0.25, 0.3) is 0 Å². The minimum Gasteiger partial charge on any atom is -0.308 e. The average Bonchev–Trinajstić information content (AvgIpc) is 3.20. The number of benzene rings is 1. The molecule has 0 atom stereocenters. The molecule has 1 fully saturated rings. The molecule has 0 saturated heterocycles. The third kappa shape index (κ3) is 3.47. The second kappa shape index (κ2) is 7.19. The Balaban J connectivity index is 1.94. The van der Waals surface area contributed by atoms with E-state index >= 15 is 0 Å². The van der Waals surface area contributed by atoms with Crippen LogP contribution in [-0.4, -0.2) is 43.0 Å². The smallest absolute Gasteiger partial charge is 0.231 e. The van der Waals surface area contributed by atoms with Gasteiger partial charge in [0, 0.05) is 19.0 Å². The molecule has 0 radical (unpaired) electrons. The Kier molecular flexibility index (Phi) is 5.21. The van der Waals surface area contributed by atoms with Crippen LogP contribution in [0, 0.1) is 19.8 Å². The molecular formula is C19H27N3OS. The minimum absolute atomic E-state index is 0.182. The lowest BCUT2D eigenvalue weighted by Gasteiger charge is -2.24. The van der Waals surface area contributed by atoms with E-state index in [1.165, 1.54) is 28.7 Å². The van der Waals surface area contributed by atoms with Crippen molar-refractivity contribution in [3.05, 3.63) is 23.3 Å². The Hall–Kier alpha value is -1.46. The monoisotopic (exact) mass is 345 g/mol. The van der Waals surface area contributed by atoms with Crippen LogP contribution in [0.15, 0.2) is 12.1 Å². The maximum atomic E-state index is 13.1. The first kappa shape index (κ1) is 17.4. The molecule has 0 aliphatic heterocycles. The fourth-order valence-corrected chi connectivity index (χ4v) is 4.38. The van der Waals surface area contributed by atoms with E-state index in [2.05, 4.69) is 30.9 Å². The predicted molar refractivity (Wildman–Crippen MR) is 102 cm³/mol. The average molecular weight is 346 g/mol. The number of hydrogen-bond acceptors (Lipinski definition) is 4. The van der Waals surface area contributed by atoms with Crippen LogP contribution in [0.5, 0.6) is 0 Å². The highest BCUT2D eigenvalue weighted by Crippen LogP contribution is 2.34. The standard InChI is InChI=1S/C19H27N3OS/c1-13-9-10-16-17(14(13)2)20-19(24-16)22(12-11-21(3)4)18(23)15-7-5-6-8-15/h9-10,15H,5-8,11-12H2,1-4H3. The van der Waals surface area contributed by atoms with Crippen LogP contribution in [0.2, 0.25) is 0 Å². The number of thiazole rings is 1. The molecule has 24 heavy (non-hydrogen) atoms. The third-order valence-corrected chi connectivity index (χ3v) is 6.09. The van der Waals surface area contributed by atoms with Gasteiger partial charge in [-0.2, -0.15) is 0 Å². The number of hydrogen-bond donors (Lipinski definition) is 0. The van der Waals surface area contributed by atoms with Gasteiger partial charge in [0.05, 0.1) is 10.2 Å². The van der Waals surface area contributed by atoms with Gasteiger partial charge in [-0.15, -0.1) is 0 Å². The van der Waals surface area contributed by atoms with Crippen LogP contribution < -0.4 is 4.90 Å². The maximum Gasteiger partial charge on any atom is 0.231 e. The number of likely N-dealkylation sites (N-methyl/N-ethyl adjacent to an activating group) is 1. The lowest BCUT2D eigenvalue weighted by molar-refractivity contribution is -0.122. The van der Waals surface area contributed by atoms with Gasteiger partial charge in [-0.3, -0.25) is 9.69 Å². The molecular weight excluding hydrogens is 318 g/mol. The molecule has 4 nitrogen and oxygen atoms in total. The van der Waals surface area contributed by atoms with E-state index in [9.17, 15) is 4.79 Å². The van der Waals surface area contributed by atoms with Crippen LogP contribution >= 0.6 is 11.3 Å². The van der Waals surface area contributed by atoms with Crippen molar-refractivity contribution >= 4 is 32.6 Å². The molecule has 0 spiro atoms. The Morgan fingerprint density at radius 1 is 1.21 bits per heavy atom. The molecule has 1 aromatic carbocycles. The van der Waals surface area contributed by atoms with E-state index < -0.39 is 0 Å². The molecule has 5 heteroatoms. The molecule has 1 saturated carbocycles. The Morgan fingerprint density at radius 2 is 1.92 bits per heavy atom. The van der Waals surface area contributed by atoms with E-state index in [4.69, 9.17) is 4.98 Å². The zero-order valence-electron chi connectivity index (χ0n) is 15.1. The van der Waals surface area contributed by atoms with Crippen LogP contribution in [0.1, 0.15) is 36.8 Å². The molecule has 1 amide bonds. The molecule has 1 aromatic heterocycles. The summed E-state index contributed by atoms with van der Waals surface area (Å²) in [4.78, 5) is 22.0. The van der Waals surface area contributed by atoms with E-state index in [1.54, 1.807) is 11.3 Å². The van der Waals surface area contributed by atoms with Crippen LogP contribution in [-0.2, 0) is 4.79 Å². The molecule has 130 valence electrons. The molecule has 1 heterocycles. The number of carbonyl (C=O) groups excluding carboxylic acids is 1. The van der Waals surface area contributed by atoms with Gasteiger partial charge in [-0.1, -0.05) is 30.2 Å². The summed E-state index contributed by atoms with van der Waals surface area (Å²) in [5.41, 5.74) is 3.52. The number of aromatic nitrogens is 1. The fourth-order valence-electron chi connectivity index (χ4n) is 3.32. The van der Waals surface area contributed by atoms with Gasteiger partial charge in [0.15, 0.2) is 5.13 Å². The minimum atomic E-state index is 0.182. The van der Waals surface area contributed by atoms with Gasteiger partial charge in [-0.05, 0) is 58.0 Å². The second-order valence-corrected chi connectivity index (χ2v) is 8.13. The highest BCUT2D eigenvalue weighted by atomic mass is 32.1. The van der Waals surface area contributed by atoms with Crippen LogP contribution in [0.4, 0.5) is 5.13 Å². The Bertz CT molecular complexity index is 732. The van der Waals surface area contributed by atoms with Crippen molar-refractivity contribution in [2.45, 2.75) is 39.5 Å².